The van der Waals surface area contributed by atoms with Crippen LogP contribution < -0.4 is 5.32 Å². The van der Waals surface area contributed by atoms with Gasteiger partial charge in [0.1, 0.15) is 0 Å². The number of likely N-dealkylation sites (tertiary alicyclic amines) is 1. The summed E-state index contributed by atoms with van der Waals surface area (Å²) >= 11 is 0. The Hall–Kier alpha value is -1.83. The van der Waals surface area contributed by atoms with E-state index in [0.717, 1.165) is 17.3 Å². The number of rotatable bonds is 5. The second-order valence-electron chi connectivity index (χ2n) is 7.30. The van der Waals surface area contributed by atoms with E-state index in [2.05, 4.69) is 5.32 Å². The maximum atomic E-state index is 13.1. The molecule has 6 nitrogen and oxygen atoms in total. The summed E-state index contributed by atoms with van der Waals surface area (Å²) in [5.41, 5.74) is 0. The van der Waals surface area contributed by atoms with Crippen molar-refractivity contribution in [1.29, 1.82) is 0 Å². The molecule has 0 bridgehead atoms. The third-order valence-electron chi connectivity index (χ3n) is 4.99. The molecule has 2 amide bonds. The van der Waals surface area contributed by atoms with Crippen LogP contribution in [0.3, 0.4) is 0 Å². The van der Waals surface area contributed by atoms with E-state index in [1.165, 1.54) is 0 Å². The van der Waals surface area contributed by atoms with Crippen LogP contribution >= 0.6 is 12.4 Å². The number of piperidine rings is 1. The molecule has 1 saturated heterocycles. The molecule has 1 heterocycles. The molecule has 3 rings (SSSR count). The largest absolute Gasteiger partial charge is 0.337 e. The predicted molar refractivity (Wildman–Crippen MR) is 115 cm³/mol. The molecule has 8 heteroatoms. The molecular formula is C20H28ClN3O3S. The van der Waals surface area contributed by atoms with Gasteiger partial charge in [0.25, 0.3) is 0 Å². The first-order valence-electron chi connectivity index (χ1n) is 9.28. The van der Waals surface area contributed by atoms with E-state index in [-0.39, 0.29) is 25.0 Å². The summed E-state index contributed by atoms with van der Waals surface area (Å²) in [6.45, 7) is 2.13. The minimum absolute atomic E-state index is 0. The zero-order valence-electron chi connectivity index (χ0n) is 16.3. The highest BCUT2D eigenvalue weighted by molar-refractivity contribution is 7.92. The molecule has 28 heavy (non-hydrogen) atoms. The highest BCUT2D eigenvalue weighted by atomic mass is 35.5. The highest BCUT2D eigenvalue weighted by Crippen LogP contribution is 2.26. The number of hydrogen-bond acceptors (Lipinski definition) is 4. The molecule has 1 N–H and O–H groups in total. The van der Waals surface area contributed by atoms with Crippen molar-refractivity contribution in [2.24, 2.45) is 0 Å². The van der Waals surface area contributed by atoms with Gasteiger partial charge in [-0.15, -0.1) is 12.4 Å². The highest BCUT2D eigenvalue weighted by Gasteiger charge is 2.33. The van der Waals surface area contributed by atoms with Crippen LogP contribution in [0.25, 0.3) is 10.8 Å². The quantitative estimate of drug-likeness (QED) is 0.799. The second-order valence-corrected chi connectivity index (χ2v) is 9.53. The monoisotopic (exact) mass is 425 g/mol. The molecule has 2 aromatic rings. The first-order valence-corrected chi connectivity index (χ1v) is 10.8. The maximum absolute atomic E-state index is 13.1. The fourth-order valence-electron chi connectivity index (χ4n) is 3.41. The van der Waals surface area contributed by atoms with Gasteiger partial charge in [-0.2, -0.15) is 0 Å². The third kappa shape index (κ3) is 5.16. The third-order valence-corrected chi connectivity index (χ3v) is 7.16. The summed E-state index contributed by atoms with van der Waals surface area (Å²) in [6.07, 6.45) is 1.27. The van der Waals surface area contributed by atoms with Gasteiger partial charge in [0.05, 0.1) is 10.1 Å². The Kier molecular flexibility index (Phi) is 7.69. The fraction of sp³-hybridized carbons (Fsp3) is 0.450. The Morgan fingerprint density at radius 3 is 2.61 bits per heavy atom. The number of nitrogens with one attached hydrogen (secondary N) is 1. The minimum atomic E-state index is -3.48. The van der Waals surface area contributed by atoms with Gasteiger partial charge >= 0.3 is 6.03 Å². The van der Waals surface area contributed by atoms with Gasteiger partial charge in [-0.1, -0.05) is 30.3 Å². The van der Waals surface area contributed by atoms with Crippen molar-refractivity contribution < 1.29 is 13.2 Å². The van der Waals surface area contributed by atoms with E-state index in [0.29, 0.717) is 30.8 Å². The summed E-state index contributed by atoms with van der Waals surface area (Å²) in [7, 11) is 0.404. The number of amides is 2. The van der Waals surface area contributed by atoms with E-state index in [9.17, 15) is 13.2 Å². The van der Waals surface area contributed by atoms with Crippen molar-refractivity contribution in [3.8, 4) is 0 Å². The number of urea groups is 1. The molecule has 0 spiro atoms. The number of carbonyl (C=O) groups is 1. The number of hydrogen-bond donors (Lipinski definition) is 1. The lowest BCUT2D eigenvalue weighted by Gasteiger charge is -2.32. The number of nitrogens with zero attached hydrogens (tertiary/aromatic N) is 2. The summed E-state index contributed by atoms with van der Waals surface area (Å²) in [6, 6.07) is 12.8. The molecule has 1 unspecified atom stereocenters. The number of sulfone groups is 1. The van der Waals surface area contributed by atoms with Crippen molar-refractivity contribution in [2.75, 3.05) is 40.3 Å². The van der Waals surface area contributed by atoms with Crippen LogP contribution in [0, 0.1) is 0 Å². The van der Waals surface area contributed by atoms with Gasteiger partial charge in [0.2, 0.25) is 0 Å². The van der Waals surface area contributed by atoms with Crippen LogP contribution in [0.4, 0.5) is 4.79 Å². The van der Waals surface area contributed by atoms with Crippen LogP contribution in [0.1, 0.15) is 12.8 Å². The van der Waals surface area contributed by atoms with Crippen LogP contribution in [0.2, 0.25) is 0 Å². The predicted octanol–water partition coefficient (Wildman–Crippen LogP) is 2.77. The zero-order valence-corrected chi connectivity index (χ0v) is 17.9. The molecular weight excluding hydrogens is 398 g/mol. The van der Waals surface area contributed by atoms with Crippen LogP contribution in [-0.2, 0) is 9.84 Å². The second kappa shape index (κ2) is 9.58. The molecule has 0 radical (unpaired) electrons. The van der Waals surface area contributed by atoms with E-state index in [1.807, 2.05) is 49.3 Å². The van der Waals surface area contributed by atoms with Crippen LogP contribution in [0.5, 0.6) is 0 Å². The van der Waals surface area contributed by atoms with Gasteiger partial charge in [-0.3, -0.25) is 0 Å². The number of benzene rings is 2. The molecule has 2 aromatic carbocycles. The molecule has 0 aliphatic carbocycles. The molecule has 1 aliphatic rings. The lowest BCUT2D eigenvalue weighted by Crippen LogP contribution is -2.49. The number of fused-ring (bicyclic) bond motifs is 1. The normalized spacial score (nSPS) is 17.4. The van der Waals surface area contributed by atoms with E-state index >= 15 is 0 Å². The van der Waals surface area contributed by atoms with Crippen LogP contribution in [-0.4, -0.2) is 69.8 Å². The van der Waals surface area contributed by atoms with Gasteiger partial charge in [0.15, 0.2) is 9.84 Å². The molecule has 0 saturated carbocycles. The van der Waals surface area contributed by atoms with Crippen molar-refractivity contribution >= 4 is 39.0 Å². The number of halogens is 1. The Bertz CT molecular complexity index is 918. The Labute approximate surface area is 173 Å². The zero-order chi connectivity index (χ0) is 19.4. The number of carbonyl (C=O) groups excluding carboxylic acids is 1. The first kappa shape index (κ1) is 22.5. The van der Waals surface area contributed by atoms with Gasteiger partial charge in [0, 0.05) is 26.2 Å². The first-order chi connectivity index (χ1) is 12.9. The lowest BCUT2D eigenvalue weighted by molar-refractivity contribution is 0.186. The van der Waals surface area contributed by atoms with E-state index < -0.39 is 15.1 Å². The number of likely N-dealkylation sites (N-methyl/N-ethyl adjacent to an activating group) is 1. The van der Waals surface area contributed by atoms with Crippen molar-refractivity contribution in [2.45, 2.75) is 23.0 Å². The van der Waals surface area contributed by atoms with Crippen molar-refractivity contribution in [3.05, 3.63) is 42.5 Å². The summed E-state index contributed by atoms with van der Waals surface area (Å²) in [5, 5.41) is 4.23. The standard InChI is InChI=1S/C20H27N3O3S.ClH/c1-22(2)13-11-21-20(24)23-12-5-8-19(15-23)27(25,26)18-10-9-16-6-3-4-7-17(16)14-18;/h3-4,6-7,9-10,14,19H,5,8,11-13,15H2,1-2H3,(H,21,24);1H. The molecule has 1 atom stereocenters. The summed E-state index contributed by atoms with van der Waals surface area (Å²) in [5.74, 6) is 0. The SMILES string of the molecule is CN(C)CCNC(=O)N1CCCC(S(=O)(=O)c2ccc3ccccc3c2)C1.Cl. The fourth-order valence-corrected chi connectivity index (χ4v) is 5.20. The molecule has 154 valence electrons. The van der Waals surface area contributed by atoms with Gasteiger partial charge < -0.3 is 15.1 Å². The summed E-state index contributed by atoms with van der Waals surface area (Å²) < 4.78 is 26.3. The molecule has 1 aliphatic heterocycles. The minimum Gasteiger partial charge on any atom is -0.337 e. The Balaban J connectivity index is 0.00000280. The van der Waals surface area contributed by atoms with Gasteiger partial charge in [-0.05, 0) is 49.8 Å². The Morgan fingerprint density at radius 1 is 1.18 bits per heavy atom. The lowest BCUT2D eigenvalue weighted by atomic mass is 10.1. The molecule has 0 aromatic heterocycles. The average Bonchev–Trinajstić information content (AvgIpc) is 2.67. The maximum Gasteiger partial charge on any atom is 0.317 e. The van der Waals surface area contributed by atoms with Crippen molar-refractivity contribution in [3.63, 3.8) is 0 Å². The summed E-state index contributed by atoms with van der Waals surface area (Å²) in [4.78, 5) is 16.3. The Morgan fingerprint density at radius 2 is 1.89 bits per heavy atom. The van der Waals surface area contributed by atoms with E-state index in [1.54, 1.807) is 17.0 Å². The van der Waals surface area contributed by atoms with Crippen molar-refractivity contribution in [1.82, 2.24) is 15.1 Å². The van der Waals surface area contributed by atoms with E-state index in [4.69, 9.17) is 0 Å². The average molecular weight is 426 g/mol. The van der Waals surface area contributed by atoms with Crippen LogP contribution in [0.15, 0.2) is 47.4 Å². The molecule has 1 fully saturated rings. The van der Waals surface area contributed by atoms with Gasteiger partial charge in [-0.25, -0.2) is 13.2 Å². The topological polar surface area (TPSA) is 69.7 Å². The smallest absolute Gasteiger partial charge is 0.317 e.